The quantitative estimate of drug-likeness (QED) is 0.828. The molecule has 1 aromatic heterocycles. The average Bonchev–Trinajstić information content (AvgIpc) is 3.23. The lowest BCUT2D eigenvalue weighted by Crippen LogP contribution is -2.35. The number of benzene rings is 1. The zero-order chi connectivity index (χ0) is 19.1. The van der Waals surface area contributed by atoms with Crippen LogP contribution in [0.15, 0.2) is 23.0 Å². The number of methoxy groups -OCH3 is 2. The molecule has 0 N–H and O–H groups in total. The number of hydrogen-bond acceptors (Lipinski definition) is 5. The van der Waals surface area contributed by atoms with Crippen molar-refractivity contribution >= 4 is 5.82 Å². The SMILES string of the molecule is COc1ccc2c(c1OC)CCn1c(N(C)C3CCCO3)cc(=O)c(C)c1-2. The minimum absolute atomic E-state index is 0.0236. The molecule has 3 heterocycles. The summed E-state index contributed by atoms with van der Waals surface area (Å²) in [6, 6.07) is 5.68. The van der Waals surface area contributed by atoms with Gasteiger partial charge in [-0.1, -0.05) is 0 Å². The van der Waals surface area contributed by atoms with E-state index in [1.54, 1.807) is 20.3 Å². The summed E-state index contributed by atoms with van der Waals surface area (Å²) in [4.78, 5) is 14.9. The maximum absolute atomic E-state index is 12.8. The molecule has 2 aliphatic heterocycles. The van der Waals surface area contributed by atoms with E-state index in [0.717, 1.165) is 72.1 Å². The van der Waals surface area contributed by atoms with Gasteiger partial charge in [0.1, 0.15) is 12.0 Å². The number of ether oxygens (including phenoxy) is 3. The molecule has 1 unspecified atom stereocenters. The number of aromatic nitrogens is 1. The van der Waals surface area contributed by atoms with Crippen molar-refractivity contribution in [2.75, 3.05) is 32.8 Å². The molecule has 1 saturated heterocycles. The Kier molecular flexibility index (Phi) is 4.60. The van der Waals surface area contributed by atoms with Crippen molar-refractivity contribution in [2.45, 2.75) is 39.0 Å². The van der Waals surface area contributed by atoms with Gasteiger partial charge in [-0.2, -0.15) is 0 Å². The number of pyridine rings is 1. The van der Waals surface area contributed by atoms with Gasteiger partial charge in [0.15, 0.2) is 16.9 Å². The standard InChI is InChI=1S/C21H26N2O4/c1-13-16(24)12-18(22(2)19-6-5-11-27-19)23-10-9-15-14(20(13)23)7-8-17(25-3)21(15)26-4/h7-8,12,19H,5-6,9-11H2,1-4H3. The first-order valence-electron chi connectivity index (χ1n) is 9.40. The van der Waals surface area contributed by atoms with Crippen molar-refractivity contribution in [3.63, 3.8) is 0 Å². The highest BCUT2D eigenvalue weighted by Crippen LogP contribution is 2.42. The van der Waals surface area contributed by atoms with Gasteiger partial charge in [0, 0.05) is 43.0 Å². The molecule has 0 spiro atoms. The number of anilines is 1. The first-order valence-corrected chi connectivity index (χ1v) is 9.40. The Bertz CT molecular complexity index is 929. The van der Waals surface area contributed by atoms with Gasteiger partial charge in [0.2, 0.25) is 0 Å². The van der Waals surface area contributed by atoms with Crippen molar-refractivity contribution < 1.29 is 14.2 Å². The highest BCUT2D eigenvalue weighted by Gasteiger charge is 2.29. The number of nitrogens with zero attached hydrogens (tertiary/aromatic N) is 2. The third kappa shape index (κ3) is 2.79. The Morgan fingerprint density at radius 3 is 2.74 bits per heavy atom. The van der Waals surface area contributed by atoms with E-state index in [9.17, 15) is 4.79 Å². The third-order valence-corrected chi connectivity index (χ3v) is 5.72. The summed E-state index contributed by atoms with van der Waals surface area (Å²) in [6.07, 6.45) is 2.88. The van der Waals surface area contributed by atoms with Crippen molar-refractivity contribution in [3.8, 4) is 22.8 Å². The summed E-state index contributed by atoms with van der Waals surface area (Å²) in [5.74, 6) is 2.39. The van der Waals surface area contributed by atoms with Crippen LogP contribution in [0.5, 0.6) is 11.5 Å². The highest BCUT2D eigenvalue weighted by atomic mass is 16.5. The fraction of sp³-hybridized carbons (Fsp3) is 0.476. The second-order valence-corrected chi connectivity index (χ2v) is 7.15. The summed E-state index contributed by atoms with van der Waals surface area (Å²) < 4.78 is 19.2. The van der Waals surface area contributed by atoms with Crippen molar-refractivity contribution in [1.29, 1.82) is 0 Å². The highest BCUT2D eigenvalue weighted by molar-refractivity contribution is 5.75. The van der Waals surface area contributed by atoms with Gasteiger partial charge in [-0.15, -0.1) is 0 Å². The predicted octanol–water partition coefficient (Wildman–Crippen LogP) is 2.97. The van der Waals surface area contributed by atoms with Crippen LogP contribution in [0.4, 0.5) is 5.82 Å². The molecule has 0 saturated carbocycles. The van der Waals surface area contributed by atoms with E-state index in [0.29, 0.717) is 0 Å². The molecule has 6 nitrogen and oxygen atoms in total. The maximum atomic E-state index is 12.8. The number of hydrogen-bond donors (Lipinski definition) is 0. The van der Waals surface area contributed by atoms with E-state index >= 15 is 0 Å². The van der Waals surface area contributed by atoms with E-state index in [2.05, 4.69) is 9.47 Å². The summed E-state index contributed by atoms with van der Waals surface area (Å²) in [5, 5.41) is 0. The molecule has 144 valence electrons. The fourth-order valence-electron chi connectivity index (χ4n) is 4.30. The van der Waals surface area contributed by atoms with Crippen LogP contribution in [0.2, 0.25) is 0 Å². The molecule has 27 heavy (non-hydrogen) atoms. The van der Waals surface area contributed by atoms with Gasteiger partial charge in [-0.05, 0) is 38.3 Å². The van der Waals surface area contributed by atoms with E-state index in [-0.39, 0.29) is 11.7 Å². The molecule has 2 aliphatic rings. The minimum Gasteiger partial charge on any atom is -0.493 e. The van der Waals surface area contributed by atoms with Gasteiger partial charge in [0.05, 0.1) is 19.9 Å². The summed E-state index contributed by atoms with van der Waals surface area (Å²) in [6.45, 7) is 3.45. The Labute approximate surface area is 159 Å². The van der Waals surface area contributed by atoms with Crippen LogP contribution in [0.25, 0.3) is 11.3 Å². The molecule has 0 amide bonds. The second kappa shape index (κ2) is 6.93. The Morgan fingerprint density at radius 2 is 2.07 bits per heavy atom. The first kappa shape index (κ1) is 17.9. The summed E-state index contributed by atoms with van der Waals surface area (Å²) >= 11 is 0. The lowest BCUT2D eigenvalue weighted by Gasteiger charge is -2.33. The van der Waals surface area contributed by atoms with Crippen molar-refractivity contribution in [3.05, 3.63) is 39.5 Å². The summed E-state index contributed by atoms with van der Waals surface area (Å²) in [5.41, 5.74) is 3.90. The van der Waals surface area contributed by atoms with Crippen LogP contribution in [0.3, 0.4) is 0 Å². The number of rotatable bonds is 4. The molecule has 1 atom stereocenters. The van der Waals surface area contributed by atoms with Crippen LogP contribution in [0.1, 0.15) is 24.0 Å². The Balaban J connectivity index is 1.92. The molecule has 0 bridgehead atoms. The van der Waals surface area contributed by atoms with E-state index in [1.165, 1.54) is 0 Å². The minimum atomic E-state index is 0.0236. The molecular formula is C21H26N2O4. The Hall–Kier alpha value is -2.47. The lowest BCUT2D eigenvalue weighted by molar-refractivity contribution is 0.110. The molecule has 2 aromatic rings. The van der Waals surface area contributed by atoms with E-state index in [1.807, 2.05) is 26.1 Å². The monoisotopic (exact) mass is 370 g/mol. The predicted molar refractivity (Wildman–Crippen MR) is 105 cm³/mol. The third-order valence-electron chi connectivity index (χ3n) is 5.72. The molecule has 0 radical (unpaired) electrons. The number of fused-ring (bicyclic) bond motifs is 3. The maximum Gasteiger partial charge on any atom is 0.187 e. The van der Waals surface area contributed by atoms with Crippen LogP contribution >= 0.6 is 0 Å². The molecule has 1 aromatic carbocycles. The van der Waals surface area contributed by atoms with Gasteiger partial charge in [0.25, 0.3) is 0 Å². The average molecular weight is 370 g/mol. The fourth-order valence-corrected chi connectivity index (χ4v) is 4.30. The second-order valence-electron chi connectivity index (χ2n) is 7.15. The molecule has 6 heteroatoms. The van der Waals surface area contributed by atoms with Gasteiger partial charge >= 0.3 is 0 Å². The van der Waals surface area contributed by atoms with E-state index < -0.39 is 0 Å². The largest absolute Gasteiger partial charge is 0.493 e. The van der Waals surface area contributed by atoms with Gasteiger partial charge < -0.3 is 23.7 Å². The van der Waals surface area contributed by atoms with Gasteiger partial charge in [-0.3, -0.25) is 4.79 Å². The van der Waals surface area contributed by atoms with Crippen molar-refractivity contribution in [2.24, 2.45) is 0 Å². The zero-order valence-electron chi connectivity index (χ0n) is 16.4. The molecule has 4 rings (SSSR count). The van der Waals surface area contributed by atoms with E-state index in [4.69, 9.17) is 14.2 Å². The normalized spacial score (nSPS) is 18.0. The lowest BCUT2D eigenvalue weighted by atomic mass is 9.93. The van der Waals surface area contributed by atoms with Crippen LogP contribution in [-0.2, 0) is 17.7 Å². The van der Waals surface area contributed by atoms with Crippen LogP contribution in [0, 0.1) is 6.92 Å². The smallest absolute Gasteiger partial charge is 0.187 e. The Morgan fingerprint density at radius 1 is 1.26 bits per heavy atom. The van der Waals surface area contributed by atoms with Crippen molar-refractivity contribution in [1.82, 2.24) is 4.57 Å². The topological polar surface area (TPSA) is 52.9 Å². The van der Waals surface area contributed by atoms with Gasteiger partial charge in [-0.25, -0.2) is 0 Å². The summed E-state index contributed by atoms with van der Waals surface area (Å²) in [7, 11) is 5.32. The molecule has 0 aliphatic carbocycles. The zero-order valence-corrected chi connectivity index (χ0v) is 16.4. The molecular weight excluding hydrogens is 344 g/mol. The molecule has 1 fully saturated rings. The first-order chi connectivity index (χ1) is 13.1. The van der Waals surface area contributed by atoms with Crippen LogP contribution in [-0.4, -0.2) is 38.7 Å². The van der Waals surface area contributed by atoms with Crippen LogP contribution < -0.4 is 19.8 Å².